The lowest BCUT2D eigenvalue weighted by Crippen LogP contribution is -2.47. The predicted molar refractivity (Wildman–Crippen MR) is 103 cm³/mol. The third-order valence-electron chi connectivity index (χ3n) is 3.80. The van der Waals surface area contributed by atoms with E-state index in [-0.39, 0.29) is 17.0 Å². The Balaban J connectivity index is 2.37. The molecule has 0 spiro atoms. The van der Waals surface area contributed by atoms with Crippen molar-refractivity contribution in [1.82, 2.24) is 9.62 Å². The van der Waals surface area contributed by atoms with Gasteiger partial charge in [-0.15, -0.1) is 0 Å². The fourth-order valence-corrected chi connectivity index (χ4v) is 3.89. The molecular formula is C20H25FN2O3S. The quantitative estimate of drug-likeness (QED) is 0.821. The second-order valence-electron chi connectivity index (χ2n) is 7.48. The maximum Gasteiger partial charge on any atom is 0.243 e. The Bertz CT molecular complexity index is 904. The lowest BCUT2D eigenvalue weighted by atomic mass is 10.1. The Labute approximate surface area is 160 Å². The van der Waals surface area contributed by atoms with Gasteiger partial charge in [-0.2, -0.15) is 4.31 Å². The van der Waals surface area contributed by atoms with Crippen LogP contribution in [0.15, 0.2) is 53.4 Å². The Kier molecular flexibility index (Phi) is 6.38. The van der Waals surface area contributed by atoms with Crippen LogP contribution in [-0.2, 0) is 21.4 Å². The normalized spacial score (nSPS) is 12.2. The molecule has 0 aliphatic rings. The Morgan fingerprint density at radius 3 is 2.22 bits per heavy atom. The third-order valence-corrected chi connectivity index (χ3v) is 5.60. The van der Waals surface area contributed by atoms with E-state index in [0.29, 0.717) is 0 Å². The van der Waals surface area contributed by atoms with Gasteiger partial charge in [0.15, 0.2) is 0 Å². The number of sulfonamides is 1. The van der Waals surface area contributed by atoms with Crippen LogP contribution in [0.5, 0.6) is 0 Å². The largest absolute Gasteiger partial charge is 0.350 e. The minimum Gasteiger partial charge on any atom is -0.350 e. The topological polar surface area (TPSA) is 66.5 Å². The number of halogens is 1. The number of carbonyl (C=O) groups is 1. The standard InChI is InChI=1S/C20H25FN2O3S/c1-15-9-11-17(12-10-15)27(25,26)23(14-19(24)22-20(2,3)4)13-16-7-5-6-8-18(16)21/h5-12H,13-14H2,1-4H3,(H,22,24). The van der Waals surface area contributed by atoms with E-state index in [1.54, 1.807) is 39.0 Å². The SMILES string of the molecule is Cc1ccc(S(=O)(=O)N(CC(=O)NC(C)(C)C)Cc2ccccc2F)cc1. The minimum atomic E-state index is -3.98. The molecule has 0 aliphatic heterocycles. The van der Waals surface area contributed by atoms with E-state index in [9.17, 15) is 17.6 Å². The molecule has 1 amide bonds. The van der Waals surface area contributed by atoms with Gasteiger partial charge in [-0.05, 0) is 45.9 Å². The fraction of sp³-hybridized carbons (Fsp3) is 0.350. The molecule has 0 fully saturated rings. The monoisotopic (exact) mass is 392 g/mol. The number of nitrogens with one attached hydrogen (secondary N) is 1. The van der Waals surface area contributed by atoms with Crippen molar-refractivity contribution in [2.24, 2.45) is 0 Å². The molecule has 1 N–H and O–H groups in total. The van der Waals surface area contributed by atoms with E-state index >= 15 is 0 Å². The van der Waals surface area contributed by atoms with Crippen molar-refractivity contribution in [3.63, 3.8) is 0 Å². The van der Waals surface area contributed by atoms with E-state index in [2.05, 4.69) is 5.32 Å². The van der Waals surface area contributed by atoms with Crippen molar-refractivity contribution in [3.05, 3.63) is 65.5 Å². The van der Waals surface area contributed by atoms with Crippen LogP contribution in [0.25, 0.3) is 0 Å². The number of aryl methyl sites for hydroxylation is 1. The van der Waals surface area contributed by atoms with Crippen molar-refractivity contribution in [2.75, 3.05) is 6.54 Å². The Morgan fingerprint density at radius 1 is 1.07 bits per heavy atom. The first-order valence-corrected chi connectivity index (χ1v) is 10.0. The first-order chi connectivity index (χ1) is 12.5. The molecule has 5 nitrogen and oxygen atoms in total. The van der Waals surface area contributed by atoms with Gasteiger partial charge >= 0.3 is 0 Å². The third kappa shape index (κ3) is 5.87. The van der Waals surface area contributed by atoms with Gasteiger partial charge < -0.3 is 5.32 Å². The highest BCUT2D eigenvalue weighted by molar-refractivity contribution is 7.89. The summed E-state index contributed by atoms with van der Waals surface area (Å²) >= 11 is 0. The van der Waals surface area contributed by atoms with Crippen molar-refractivity contribution in [3.8, 4) is 0 Å². The summed E-state index contributed by atoms with van der Waals surface area (Å²) in [5, 5.41) is 2.74. The van der Waals surface area contributed by atoms with E-state index in [1.165, 1.54) is 30.3 Å². The lowest BCUT2D eigenvalue weighted by Gasteiger charge is -2.25. The maximum absolute atomic E-state index is 14.1. The second kappa shape index (κ2) is 8.19. The highest BCUT2D eigenvalue weighted by atomic mass is 32.2. The Morgan fingerprint density at radius 2 is 1.67 bits per heavy atom. The molecule has 146 valence electrons. The molecule has 0 bridgehead atoms. The van der Waals surface area contributed by atoms with E-state index in [4.69, 9.17) is 0 Å². The molecule has 2 aromatic rings. The number of hydrogen-bond donors (Lipinski definition) is 1. The van der Waals surface area contributed by atoms with Crippen LogP contribution >= 0.6 is 0 Å². The van der Waals surface area contributed by atoms with E-state index in [0.717, 1.165) is 9.87 Å². The van der Waals surface area contributed by atoms with Crippen molar-refractivity contribution >= 4 is 15.9 Å². The summed E-state index contributed by atoms with van der Waals surface area (Å²) < 4.78 is 41.2. The summed E-state index contributed by atoms with van der Waals surface area (Å²) in [6.07, 6.45) is 0. The molecule has 0 aromatic heterocycles. The summed E-state index contributed by atoms with van der Waals surface area (Å²) in [5.74, 6) is -0.965. The zero-order valence-corrected chi connectivity index (χ0v) is 16.8. The fourth-order valence-electron chi connectivity index (χ4n) is 2.52. The van der Waals surface area contributed by atoms with Crippen LogP contribution in [-0.4, -0.2) is 30.7 Å². The van der Waals surface area contributed by atoms with Gasteiger partial charge in [0.1, 0.15) is 5.82 Å². The molecule has 27 heavy (non-hydrogen) atoms. The molecule has 2 rings (SSSR count). The van der Waals surface area contributed by atoms with Gasteiger partial charge in [0.05, 0.1) is 11.4 Å². The van der Waals surface area contributed by atoms with Crippen LogP contribution in [0.4, 0.5) is 4.39 Å². The molecular weight excluding hydrogens is 367 g/mol. The van der Waals surface area contributed by atoms with Crippen molar-refractivity contribution in [2.45, 2.75) is 44.7 Å². The number of amides is 1. The van der Waals surface area contributed by atoms with Gasteiger partial charge in [-0.1, -0.05) is 35.9 Å². The van der Waals surface area contributed by atoms with Crippen LogP contribution in [0.3, 0.4) is 0 Å². The van der Waals surface area contributed by atoms with Crippen molar-refractivity contribution in [1.29, 1.82) is 0 Å². The van der Waals surface area contributed by atoms with Crippen LogP contribution < -0.4 is 5.32 Å². The van der Waals surface area contributed by atoms with Gasteiger partial charge in [0.2, 0.25) is 15.9 Å². The molecule has 0 aliphatic carbocycles. The first kappa shape index (κ1) is 21.1. The summed E-state index contributed by atoms with van der Waals surface area (Å²) in [6, 6.07) is 12.3. The van der Waals surface area contributed by atoms with E-state index < -0.39 is 33.8 Å². The van der Waals surface area contributed by atoms with Gasteiger partial charge in [0.25, 0.3) is 0 Å². The summed E-state index contributed by atoms with van der Waals surface area (Å²) in [7, 11) is -3.98. The molecule has 0 atom stereocenters. The number of nitrogens with zero attached hydrogens (tertiary/aromatic N) is 1. The number of hydrogen-bond acceptors (Lipinski definition) is 3. The molecule has 2 aromatic carbocycles. The number of carbonyl (C=O) groups excluding carboxylic acids is 1. The second-order valence-corrected chi connectivity index (χ2v) is 9.41. The number of rotatable bonds is 6. The average Bonchev–Trinajstić information content (AvgIpc) is 2.55. The molecule has 0 saturated carbocycles. The average molecular weight is 392 g/mol. The highest BCUT2D eigenvalue weighted by Gasteiger charge is 2.28. The predicted octanol–water partition coefficient (Wildman–Crippen LogP) is 3.24. The minimum absolute atomic E-state index is 0.0630. The summed E-state index contributed by atoms with van der Waals surface area (Å²) in [5.41, 5.74) is 0.616. The maximum atomic E-state index is 14.1. The zero-order chi connectivity index (χ0) is 20.2. The lowest BCUT2D eigenvalue weighted by molar-refractivity contribution is -0.122. The van der Waals surface area contributed by atoms with Crippen LogP contribution in [0.2, 0.25) is 0 Å². The van der Waals surface area contributed by atoms with Crippen LogP contribution in [0, 0.1) is 12.7 Å². The molecule has 0 saturated heterocycles. The van der Waals surface area contributed by atoms with Crippen molar-refractivity contribution < 1.29 is 17.6 Å². The Hall–Kier alpha value is -2.25. The van der Waals surface area contributed by atoms with Crippen LogP contribution in [0.1, 0.15) is 31.9 Å². The molecule has 7 heteroatoms. The summed E-state index contributed by atoms with van der Waals surface area (Å²) in [6.45, 7) is 6.63. The summed E-state index contributed by atoms with van der Waals surface area (Å²) in [4.78, 5) is 12.4. The zero-order valence-electron chi connectivity index (χ0n) is 16.0. The molecule has 0 unspecified atom stereocenters. The molecule has 0 heterocycles. The van der Waals surface area contributed by atoms with Gasteiger partial charge in [-0.3, -0.25) is 4.79 Å². The first-order valence-electron chi connectivity index (χ1n) is 8.60. The smallest absolute Gasteiger partial charge is 0.243 e. The number of benzene rings is 2. The van der Waals surface area contributed by atoms with Gasteiger partial charge in [-0.25, -0.2) is 12.8 Å². The highest BCUT2D eigenvalue weighted by Crippen LogP contribution is 2.20. The van der Waals surface area contributed by atoms with Gasteiger partial charge in [0, 0.05) is 17.6 Å². The molecule has 0 radical (unpaired) electrons. The van der Waals surface area contributed by atoms with E-state index in [1.807, 2.05) is 6.92 Å².